The first kappa shape index (κ1) is 23.6. The van der Waals surface area contributed by atoms with Gasteiger partial charge in [-0.05, 0) is 52.8 Å². The molecule has 0 aliphatic heterocycles. The average molecular weight is 504 g/mol. The Morgan fingerprint density at radius 1 is 0.929 bits per heavy atom. The summed E-state index contributed by atoms with van der Waals surface area (Å²) in [6.07, 6.45) is -0.841. The van der Waals surface area contributed by atoms with Crippen LogP contribution in [0.5, 0.6) is 11.5 Å². The first-order valence-electron chi connectivity index (χ1n) is 8.10. The summed E-state index contributed by atoms with van der Waals surface area (Å²) >= 11 is 1.91. The zero-order chi connectivity index (χ0) is 21.4. The first-order valence-corrected chi connectivity index (χ1v) is 9.18. The Labute approximate surface area is 175 Å². The van der Waals surface area contributed by atoms with E-state index < -0.39 is 16.0 Å². The van der Waals surface area contributed by atoms with E-state index in [2.05, 4.69) is 0 Å². The molecule has 0 spiro atoms. The molecule has 2 aromatic carbocycles. The van der Waals surface area contributed by atoms with Crippen LogP contribution in [0, 0.1) is 29.7 Å². The van der Waals surface area contributed by atoms with Gasteiger partial charge in [-0.3, -0.25) is 20.2 Å². The Bertz CT molecular complexity index is 843. The van der Waals surface area contributed by atoms with E-state index >= 15 is 0 Å². The van der Waals surface area contributed by atoms with Crippen LogP contribution in [0.25, 0.3) is 0 Å². The predicted molar refractivity (Wildman–Crippen MR) is 112 cm³/mol. The molecule has 2 rings (SSSR count). The van der Waals surface area contributed by atoms with Crippen molar-refractivity contribution in [2.24, 2.45) is 5.92 Å². The maximum atomic E-state index is 10.9. The summed E-state index contributed by atoms with van der Waals surface area (Å²) in [6.45, 7) is 3.61. The minimum absolute atomic E-state index is 0.0768. The molecule has 0 aliphatic carbocycles. The van der Waals surface area contributed by atoms with E-state index in [1.165, 1.54) is 32.4 Å². The number of hydrogen-bond donors (Lipinski definition) is 1. The smallest absolute Gasteiger partial charge is 0.286 e. The van der Waals surface area contributed by atoms with Gasteiger partial charge in [0, 0.05) is 0 Å². The molecule has 0 fully saturated rings. The summed E-state index contributed by atoms with van der Waals surface area (Å²) in [5, 5.41) is 31.1. The molecule has 1 N–H and O–H groups in total. The molecule has 152 valence electrons. The Morgan fingerprint density at radius 3 is 1.82 bits per heavy atom. The van der Waals surface area contributed by atoms with E-state index in [0.29, 0.717) is 20.6 Å². The van der Waals surface area contributed by atoms with Crippen LogP contribution in [-0.4, -0.2) is 29.2 Å². The minimum Gasteiger partial charge on any atom is -0.497 e. The van der Waals surface area contributed by atoms with Crippen LogP contribution in [0.2, 0.25) is 0 Å². The molecular weight excluding hydrogens is 483 g/mol. The van der Waals surface area contributed by atoms with Crippen molar-refractivity contribution in [3.8, 4) is 11.5 Å². The number of aliphatic hydroxyl groups excluding tert-OH is 1. The van der Waals surface area contributed by atoms with Gasteiger partial charge in [0.25, 0.3) is 11.4 Å². The molecule has 0 aliphatic rings. The highest BCUT2D eigenvalue weighted by Gasteiger charge is 2.23. The number of halogens is 1. The summed E-state index contributed by atoms with van der Waals surface area (Å²) < 4.78 is 10.4. The van der Waals surface area contributed by atoms with Crippen molar-refractivity contribution >= 4 is 34.0 Å². The third kappa shape index (κ3) is 6.30. The van der Waals surface area contributed by atoms with Crippen LogP contribution in [0.15, 0.2) is 36.4 Å². The Hall–Kier alpha value is -2.47. The fourth-order valence-corrected chi connectivity index (χ4v) is 2.71. The van der Waals surface area contributed by atoms with Gasteiger partial charge in [0.15, 0.2) is 0 Å². The Kier molecular flexibility index (Phi) is 9.06. The molecular formula is C18H21IN2O7. The summed E-state index contributed by atoms with van der Waals surface area (Å²) in [4.78, 5) is 20.4. The van der Waals surface area contributed by atoms with Crippen LogP contribution in [0.4, 0.5) is 11.4 Å². The molecule has 1 unspecified atom stereocenters. The number of hydrogen-bond acceptors (Lipinski definition) is 7. The lowest BCUT2D eigenvalue weighted by Crippen LogP contribution is -2.08. The van der Waals surface area contributed by atoms with Gasteiger partial charge < -0.3 is 14.6 Å². The van der Waals surface area contributed by atoms with Crippen LogP contribution >= 0.6 is 22.6 Å². The third-order valence-corrected chi connectivity index (χ3v) is 4.65. The molecule has 9 nitrogen and oxygen atoms in total. The second-order valence-electron chi connectivity index (χ2n) is 5.95. The largest absolute Gasteiger partial charge is 0.497 e. The molecule has 2 aromatic rings. The van der Waals surface area contributed by atoms with Gasteiger partial charge in [0.1, 0.15) is 11.5 Å². The van der Waals surface area contributed by atoms with Crippen molar-refractivity contribution in [3.05, 3.63) is 65.8 Å². The van der Waals surface area contributed by atoms with Crippen LogP contribution in [-0.2, 0) is 0 Å². The van der Waals surface area contributed by atoms with Crippen LogP contribution in [0.3, 0.4) is 0 Å². The fourth-order valence-electron chi connectivity index (χ4n) is 2.18. The molecule has 1 atom stereocenters. The number of nitrogens with zero attached hydrogens (tertiary/aromatic N) is 2. The van der Waals surface area contributed by atoms with E-state index in [1.807, 2.05) is 22.6 Å². The van der Waals surface area contributed by atoms with Crippen molar-refractivity contribution in [1.29, 1.82) is 0 Å². The molecule has 0 bridgehead atoms. The predicted octanol–water partition coefficient (Wildman–Crippen LogP) is 4.50. The minimum atomic E-state index is -0.841. The van der Waals surface area contributed by atoms with Crippen molar-refractivity contribution in [2.75, 3.05) is 14.2 Å². The summed E-state index contributed by atoms with van der Waals surface area (Å²) in [5.74, 6) is 0.834. The number of benzene rings is 2. The average Bonchev–Trinajstić information content (AvgIpc) is 2.67. The summed E-state index contributed by atoms with van der Waals surface area (Å²) in [7, 11) is 2.92. The number of ether oxygens (including phenoxy) is 2. The normalized spacial score (nSPS) is 11.2. The molecule has 0 saturated heterocycles. The quantitative estimate of drug-likeness (QED) is 0.349. The summed E-state index contributed by atoms with van der Waals surface area (Å²) in [6, 6.07) is 9.20. The first-order chi connectivity index (χ1) is 13.1. The van der Waals surface area contributed by atoms with Gasteiger partial charge in [0.2, 0.25) is 0 Å². The Balaban J connectivity index is 0.000000292. The van der Waals surface area contributed by atoms with Crippen LogP contribution < -0.4 is 9.47 Å². The fraction of sp³-hybridized carbons (Fsp3) is 0.333. The van der Waals surface area contributed by atoms with Gasteiger partial charge in [-0.1, -0.05) is 13.8 Å². The second-order valence-corrected chi connectivity index (χ2v) is 7.11. The zero-order valence-electron chi connectivity index (χ0n) is 15.8. The number of rotatable bonds is 6. The maximum absolute atomic E-state index is 10.9. The number of aliphatic hydroxyl groups is 1. The monoisotopic (exact) mass is 504 g/mol. The Morgan fingerprint density at radius 2 is 1.39 bits per heavy atom. The standard InChI is InChI=1S/C11H15NO4.C7H6INO3/c1-7(2)11(13)9-5-4-8(16-3)6-10(9)12(14)15;1-12-5-2-3-6(8)7(4-5)9(10)11/h4-7,11,13H,1-3H3;2-4H,1H3. The number of nitro groups is 2. The van der Waals surface area contributed by atoms with Crippen LogP contribution in [0.1, 0.15) is 25.5 Å². The molecule has 0 amide bonds. The topological polar surface area (TPSA) is 125 Å². The third-order valence-electron chi connectivity index (χ3n) is 3.73. The molecule has 28 heavy (non-hydrogen) atoms. The zero-order valence-corrected chi connectivity index (χ0v) is 17.9. The van der Waals surface area contributed by atoms with Gasteiger partial charge in [0.05, 0.1) is 51.4 Å². The van der Waals surface area contributed by atoms with Crippen molar-refractivity contribution in [3.63, 3.8) is 0 Å². The highest BCUT2D eigenvalue weighted by atomic mass is 127. The highest BCUT2D eigenvalue weighted by Crippen LogP contribution is 2.32. The lowest BCUT2D eigenvalue weighted by molar-refractivity contribution is -0.386. The molecule has 0 saturated carbocycles. The highest BCUT2D eigenvalue weighted by molar-refractivity contribution is 14.1. The second kappa shape index (κ2) is 10.8. The molecule has 0 heterocycles. The lowest BCUT2D eigenvalue weighted by atomic mass is 9.97. The molecule has 0 radical (unpaired) electrons. The summed E-state index contributed by atoms with van der Waals surface area (Å²) in [5.41, 5.74) is 0.288. The van der Waals surface area contributed by atoms with Crippen molar-refractivity contribution in [1.82, 2.24) is 0 Å². The van der Waals surface area contributed by atoms with Gasteiger partial charge in [-0.2, -0.15) is 0 Å². The van der Waals surface area contributed by atoms with E-state index in [-0.39, 0.29) is 17.3 Å². The van der Waals surface area contributed by atoms with Gasteiger partial charge in [-0.15, -0.1) is 0 Å². The van der Waals surface area contributed by atoms with E-state index in [4.69, 9.17) is 9.47 Å². The molecule has 10 heteroatoms. The van der Waals surface area contributed by atoms with Gasteiger partial charge in [-0.25, -0.2) is 0 Å². The number of nitro benzene ring substituents is 2. The lowest BCUT2D eigenvalue weighted by Gasteiger charge is -2.15. The van der Waals surface area contributed by atoms with E-state index in [0.717, 1.165) is 0 Å². The van der Waals surface area contributed by atoms with Gasteiger partial charge >= 0.3 is 0 Å². The van der Waals surface area contributed by atoms with E-state index in [9.17, 15) is 25.3 Å². The van der Waals surface area contributed by atoms with Crippen molar-refractivity contribution in [2.45, 2.75) is 20.0 Å². The number of methoxy groups -OCH3 is 2. The molecule has 0 aromatic heterocycles. The van der Waals surface area contributed by atoms with Crippen molar-refractivity contribution < 1.29 is 24.4 Å². The SMILES string of the molecule is COc1ccc(C(O)C(C)C)c([N+](=O)[O-])c1.COc1ccc(I)c([N+](=O)[O-])c1. The maximum Gasteiger partial charge on any atom is 0.286 e. The van der Waals surface area contributed by atoms with E-state index in [1.54, 1.807) is 32.0 Å².